The molecule has 2 atom stereocenters. The molecule has 2 aliphatic rings. The van der Waals surface area contributed by atoms with Gasteiger partial charge in [0.15, 0.2) is 19.3 Å². The first-order valence-electron chi connectivity index (χ1n) is 7.89. The Morgan fingerprint density at radius 1 is 1.36 bits per heavy atom. The molecule has 5 nitrogen and oxygen atoms in total. The number of fused-ring (bicyclic) bond motifs is 3. The molecule has 1 saturated heterocycles. The van der Waals surface area contributed by atoms with E-state index in [9.17, 15) is 0 Å². The molecule has 1 N–H and O–H groups in total. The monoisotopic (exact) mass is 340 g/mol. The van der Waals surface area contributed by atoms with Crippen LogP contribution in [-0.2, 0) is 4.43 Å². The van der Waals surface area contributed by atoms with E-state index in [1.165, 1.54) is 0 Å². The molecule has 3 heterocycles. The zero-order chi connectivity index (χ0) is 16.1. The summed E-state index contributed by atoms with van der Waals surface area (Å²) in [6.07, 6.45) is 1.34. The van der Waals surface area contributed by atoms with E-state index in [-0.39, 0.29) is 11.1 Å². The van der Waals surface area contributed by atoms with Gasteiger partial charge in [0, 0.05) is 25.2 Å². The van der Waals surface area contributed by atoms with E-state index in [0.717, 1.165) is 31.0 Å². The summed E-state index contributed by atoms with van der Waals surface area (Å²) in [7, 11) is -1.74. The fourth-order valence-corrected chi connectivity index (χ4v) is 4.46. The molecule has 0 aromatic carbocycles. The molecule has 0 bridgehead atoms. The van der Waals surface area contributed by atoms with Crippen LogP contribution in [0.15, 0.2) is 6.07 Å². The minimum atomic E-state index is -1.74. The van der Waals surface area contributed by atoms with Crippen molar-refractivity contribution in [2.24, 2.45) is 0 Å². The molecule has 0 spiro atoms. The normalized spacial score (nSPS) is 24.7. The van der Waals surface area contributed by atoms with Crippen molar-refractivity contribution in [2.75, 3.05) is 23.3 Å². The number of rotatable bonds is 2. The van der Waals surface area contributed by atoms with E-state index in [1.807, 2.05) is 6.07 Å². The predicted molar refractivity (Wildman–Crippen MR) is 93.4 cm³/mol. The maximum absolute atomic E-state index is 6.60. The molecule has 1 unspecified atom stereocenters. The minimum absolute atomic E-state index is 0.237. The summed E-state index contributed by atoms with van der Waals surface area (Å²) in [5.74, 6) is 0.827. The third-order valence-corrected chi connectivity index (χ3v) is 9.92. The molecule has 0 saturated carbocycles. The van der Waals surface area contributed by atoms with Gasteiger partial charge >= 0.3 is 0 Å². The van der Waals surface area contributed by atoms with Gasteiger partial charge in [0.1, 0.15) is 0 Å². The number of nitrogens with zero attached hydrogens (tertiary/aromatic N) is 3. The van der Waals surface area contributed by atoms with Gasteiger partial charge in [-0.15, -0.1) is 10.2 Å². The fourth-order valence-electron chi connectivity index (χ4n) is 2.96. The van der Waals surface area contributed by atoms with E-state index < -0.39 is 8.32 Å². The highest BCUT2D eigenvalue weighted by Crippen LogP contribution is 2.41. The standard InChI is InChI=1S/C15H25ClN4OSi/c1-15(2,3)22(4,5)21-11-6-10-8-17-14-12(20(10)9-11)7-13(16)18-19-14/h7,10-11H,6,8-9H2,1-5H3,(H,17,19)/t10-,11?/m1/s1. The molecular weight excluding hydrogens is 316 g/mol. The van der Waals surface area contributed by atoms with E-state index in [1.54, 1.807) is 0 Å². The van der Waals surface area contributed by atoms with Crippen LogP contribution in [0.3, 0.4) is 0 Å². The van der Waals surface area contributed by atoms with Crippen LogP contribution >= 0.6 is 11.6 Å². The molecule has 0 aliphatic carbocycles. The van der Waals surface area contributed by atoms with Crippen LogP contribution in [0.5, 0.6) is 0 Å². The average molecular weight is 341 g/mol. The summed E-state index contributed by atoms with van der Waals surface area (Å²) >= 11 is 6.02. The lowest BCUT2D eigenvalue weighted by molar-refractivity contribution is 0.199. The number of halogens is 1. The summed E-state index contributed by atoms with van der Waals surface area (Å²) in [5, 5.41) is 12.1. The summed E-state index contributed by atoms with van der Waals surface area (Å²) in [6.45, 7) is 13.3. The summed E-state index contributed by atoms with van der Waals surface area (Å²) < 4.78 is 6.60. The smallest absolute Gasteiger partial charge is 0.192 e. The fraction of sp³-hybridized carbons (Fsp3) is 0.733. The topological polar surface area (TPSA) is 50.3 Å². The summed E-state index contributed by atoms with van der Waals surface area (Å²) in [4.78, 5) is 2.38. The molecule has 2 aliphatic heterocycles. The van der Waals surface area contributed by atoms with Crippen molar-refractivity contribution >= 4 is 31.4 Å². The van der Waals surface area contributed by atoms with Crippen molar-refractivity contribution in [1.82, 2.24) is 10.2 Å². The van der Waals surface area contributed by atoms with Gasteiger partial charge in [-0.3, -0.25) is 0 Å². The molecule has 1 fully saturated rings. The number of anilines is 2. The second kappa shape index (κ2) is 5.35. The van der Waals surface area contributed by atoms with Crippen LogP contribution in [0.4, 0.5) is 11.5 Å². The van der Waals surface area contributed by atoms with Gasteiger partial charge in [-0.2, -0.15) is 0 Å². The minimum Gasteiger partial charge on any atom is -0.412 e. The number of hydrogen-bond acceptors (Lipinski definition) is 5. The van der Waals surface area contributed by atoms with Crippen molar-refractivity contribution in [2.45, 2.75) is 57.5 Å². The molecule has 22 heavy (non-hydrogen) atoms. The Kier molecular flexibility index (Phi) is 3.90. The Morgan fingerprint density at radius 3 is 2.77 bits per heavy atom. The number of hydrogen-bond donors (Lipinski definition) is 1. The van der Waals surface area contributed by atoms with Crippen LogP contribution < -0.4 is 10.2 Å². The first-order chi connectivity index (χ1) is 10.2. The molecule has 0 amide bonds. The van der Waals surface area contributed by atoms with Gasteiger partial charge in [0.05, 0.1) is 11.8 Å². The summed E-state index contributed by atoms with van der Waals surface area (Å²) in [5.41, 5.74) is 1.05. The number of nitrogens with one attached hydrogen (secondary N) is 1. The van der Waals surface area contributed by atoms with E-state index in [2.05, 4.69) is 54.3 Å². The predicted octanol–water partition coefficient (Wildman–Crippen LogP) is 3.52. The van der Waals surface area contributed by atoms with Crippen molar-refractivity contribution in [1.29, 1.82) is 0 Å². The maximum Gasteiger partial charge on any atom is 0.192 e. The van der Waals surface area contributed by atoms with Crippen LogP contribution in [-0.4, -0.2) is 43.8 Å². The molecular formula is C15H25ClN4OSi. The van der Waals surface area contributed by atoms with Crippen LogP contribution in [0.25, 0.3) is 0 Å². The van der Waals surface area contributed by atoms with Gasteiger partial charge in [-0.1, -0.05) is 32.4 Å². The molecule has 3 rings (SSSR count). The van der Waals surface area contributed by atoms with E-state index in [4.69, 9.17) is 16.0 Å². The van der Waals surface area contributed by atoms with Crippen molar-refractivity contribution < 1.29 is 4.43 Å². The van der Waals surface area contributed by atoms with Crippen molar-refractivity contribution in [3.05, 3.63) is 11.2 Å². The lowest BCUT2D eigenvalue weighted by Crippen LogP contribution is -2.44. The molecule has 1 aromatic heterocycles. The van der Waals surface area contributed by atoms with Crippen molar-refractivity contribution in [3.63, 3.8) is 0 Å². The van der Waals surface area contributed by atoms with Gasteiger partial charge < -0.3 is 14.6 Å². The van der Waals surface area contributed by atoms with Gasteiger partial charge in [-0.25, -0.2) is 0 Å². The van der Waals surface area contributed by atoms with Crippen LogP contribution in [0.1, 0.15) is 27.2 Å². The Morgan fingerprint density at radius 2 is 2.09 bits per heavy atom. The van der Waals surface area contributed by atoms with Crippen molar-refractivity contribution in [3.8, 4) is 0 Å². The second-order valence-corrected chi connectivity index (χ2v) is 13.0. The SMILES string of the molecule is CC(C)(C)[Si](C)(C)OC1C[C@@H]2CNc3nnc(Cl)cc3N2C1. The summed E-state index contributed by atoms with van der Waals surface area (Å²) in [6, 6.07) is 2.35. The zero-order valence-corrected chi connectivity index (χ0v) is 15.7. The quantitative estimate of drug-likeness (QED) is 0.835. The number of aromatic nitrogens is 2. The first-order valence-corrected chi connectivity index (χ1v) is 11.2. The second-order valence-electron chi connectivity index (χ2n) is 7.82. The van der Waals surface area contributed by atoms with Gasteiger partial charge in [0.25, 0.3) is 0 Å². The van der Waals surface area contributed by atoms with E-state index >= 15 is 0 Å². The molecule has 0 radical (unpaired) electrons. The van der Waals surface area contributed by atoms with E-state index in [0.29, 0.717) is 11.2 Å². The molecule has 7 heteroatoms. The van der Waals surface area contributed by atoms with Crippen LogP contribution in [0, 0.1) is 0 Å². The Labute approximate surface area is 138 Å². The first kappa shape index (κ1) is 16.0. The molecule has 1 aromatic rings. The maximum atomic E-state index is 6.60. The third-order valence-electron chi connectivity index (χ3n) is 5.20. The van der Waals surface area contributed by atoms with Crippen LogP contribution in [0.2, 0.25) is 23.3 Å². The average Bonchev–Trinajstić information content (AvgIpc) is 2.79. The Bertz CT molecular complexity index is 575. The van der Waals surface area contributed by atoms with Gasteiger partial charge in [0.2, 0.25) is 0 Å². The Balaban J connectivity index is 1.77. The molecule has 122 valence electrons. The lowest BCUT2D eigenvalue weighted by Gasteiger charge is -2.38. The zero-order valence-electron chi connectivity index (χ0n) is 14.0. The largest absolute Gasteiger partial charge is 0.412 e. The highest BCUT2D eigenvalue weighted by molar-refractivity contribution is 6.74. The highest BCUT2D eigenvalue weighted by Gasteiger charge is 2.43. The third kappa shape index (κ3) is 2.84. The highest BCUT2D eigenvalue weighted by atomic mass is 35.5. The Hall–Kier alpha value is -0.853. The lowest BCUT2D eigenvalue weighted by atomic mass is 10.1. The van der Waals surface area contributed by atoms with Gasteiger partial charge in [-0.05, 0) is 24.6 Å².